The predicted octanol–water partition coefficient (Wildman–Crippen LogP) is 7.66. The van der Waals surface area contributed by atoms with Crippen molar-refractivity contribution >= 4 is 27.8 Å². The van der Waals surface area contributed by atoms with Crippen LogP contribution in [0, 0.1) is 0 Å². The van der Waals surface area contributed by atoms with E-state index in [2.05, 4.69) is 37.7 Å². The summed E-state index contributed by atoms with van der Waals surface area (Å²) in [5.41, 5.74) is 8.99. The molecule has 1 saturated heterocycles. The number of ether oxygens (including phenoxy) is 3. The third-order valence-corrected chi connectivity index (χ3v) is 7.78. The minimum atomic E-state index is -0.464. The molecule has 0 aliphatic carbocycles. The van der Waals surface area contributed by atoms with Gasteiger partial charge in [-0.15, -0.1) is 0 Å². The van der Waals surface area contributed by atoms with E-state index in [9.17, 15) is 9.59 Å². The van der Waals surface area contributed by atoms with Gasteiger partial charge in [-0.05, 0) is 79.9 Å². The molecule has 230 valence electrons. The van der Waals surface area contributed by atoms with Gasteiger partial charge in [-0.3, -0.25) is 14.5 Å². The number of para-hydroxylation sites is 2. The molecule has 2 N–H and O–H groups in total. The SMILES string of the molecule is COC(=O)CCc1ccc(-c2ccccc2Oc2ccccc2)cc1.NC(=O)c1cc(Br)ccc1OCCN1CCCCC1. The van der Waals surface area contributed by atoms with Crippen molar-refractivity contribution in [2.24, 2.45) is 5.73 Å². The number of methoxy groups -OCH3 is 1. The lowest BCUT2D eigenvalue weighted by molar-refractivity contribution is -0.140. The second-order valence-corrected chi connectivity index (χ2v) is 11.4. The van der Waals surface area contributed by atoms with Gasteiger partial charge in [0.25, 0.3) is 5.91 Å². The smallest absolute Gasteiger partial charge is 0.305 e. The number of hydrogen-bond acceptors (Lipinski definition) is 6. The number of amides is 1. The lowest BCUT2D eigenvalue weighted by Crippen LogP contribution is -2.33. The molecule has 0 spiro atoms. The number of primary amides is 1. The molecule has 44 heavy (non-hydrogen) atoms. The third kappa shape index (κ3) is 10.2. The molecule has 0 radical (unpaired) electrons. The van der Waals surface area contributed by atoms with Crippen molar-refractivity contribution in [3.8, 4) is 28.4 Å². The summed E-state index contributed by atoms with van der Waals surface area (Å²) in [7, 11) is 1.41. The monoisotopic (exact) mass is 658 g/mol. The largest absolute Gasteiger partial charge is 0.491 e. The Labute approximate surface area is 268 Å². The van der Waals surface area contributed by atoms with Crippen molar-refractivity contribution in [2.45, 2.75) is 32.1 Å². The van der Waals surface area contributed by atoms with Gasteiger partial charge in [0.15, 0.2) is 0 Å². The molecule has 0 saturated carbocycles. The average Bonchev–Trinajstić information content (AvgIpc) is 3.06. The number of likely N-dealkylation sites (tertiary alicyclic amines) is 1. The zero-order valence-corrected chi connectivity index (χ0v) is 26.6. The summed E-state index contributed by atoms with van der Waals surface area (Å²) in [6, 6.07) is 31.2. The fourth-order valence-electron chi connectivity index (χ4n) is 4.90. The Morgan fingerprint density at radius 1 is 0.841 bits per heavy atom. The van der Waals surface area contributed by atoms with Crippen molar-refractivity contribution < 1.29 is 23.8 Å². The van der Waals surface area contributed by atoms with Gasteiger partial charge in [0.05, 0.1) is 12.7 Å². The van der Waals surface area contributed by atoms with Gasteiger partial charge >= 0.3 is 5.97 Å². The number of benzene rings is 4. The highest BCUT2D eigenvalue weighted by Crippen LogP contribution is 2.33. The van der Waals surface area contributed by atoms with E-state index in [1.54, 1.807) is 12.1 Å². The van der Waals surface area contributed by atoms with Crippen molar-refractivity contribution in [2.75, 3.05) is 33.4 Å². The van der Waals surface area contributed by atoms with E-state index in [0.29, 0.717) is 30.8 Å². The molecule has 1 amide bonds. The number of esters is 1. The van der Waals surface area contributed by atoms with Crippen molar-refractivity contribution in [3.05, 3.63) is 113 Å². The fraction of sp³-hybridized carbons (Fsp3) is 0.278. The topological polar surface area (TPSA) is 91.1 Å². The number of nitrogens with two attached hydrogens (primary N) is 1. The van der Waals surface area contributed by atoms with E-state index in [-0.39, 0.29) is 5.97 Å². The van der Waals surface area contributed by atoms with E-state index in [1.807, 2.05) is 72.8 Å². The molecule has 4 aromatic rings. The van der Waals surface area contributed by atoms with Crippen molar-refractivity contribution in [1.82, 2.24) is 4.90 Å². The first-order chi connectivity index (χ1) is 21.4. The van der Waals surface area contributed by atoms with Gasteiger partial charge in [-0.1, -0.05) is 83.0 Å². The Morgan fingerprint density at radius 3 is 2.25 bits per heavy atom. The highest BCUT2D eigenvalue weighted by Gasteiger charge is 2.13. The number of aryl methyl sites for hydroxylation is 1. The number of carbonyl (C=O) groups is 2. The molecule has 0 bridgehead atoms. The van der Waals surface area contributed by atoms with Crippen LogP contribution < -0.4 is 15.2 Å². The predicted molar refractivity (Wildman–Crippen MR) is 177 cm³/mol. The molecular formula is C36H39BrN2O5. The minimum absolute atomic E-state index is 0.189. The van der Waals surface area contributed by atoms with E-state index in [4.69, 9.17) is 15.2 Å². The van der Waals surface area contributed by atoms with Crippen LogP contribution in [0.25, 0.3) is 11.1 Å². The molecule has 0 unspecified atom stereocenters. The number of carbonyl (C=O) groups excluding carboxylic acids is 2. The molecule has 8 heteroatoms. The maximum absolute atomic E-state index is 11.3. The van der Waals surface area contributed by atoms with Crippen LogP contribution in [0.3, 0.4) is 0 Å². The van der Waals surface area contributed by atoms with Crippen molar-refractivity contribution in [3.63, 3.8) is 0 Å². The summed E-state index contributed by atoms with van der Waals surface area (Å²) in [6.45, 7) is 3.77. The molecule has 1 fully saturated rings. The van der Waals surface area contributed by atoms with Gasteiger partial charge in [0, 0.05) is 23.0 Å². The first kappa shape index (κ1) is 32.8. The first-order valence-electron chi connectivity index (χ1n) is 14.9. The number of nitrogens with zero attached hydrogens (tertiary/aromatic N) is 1. The van der Waals surface area contributed by atoms with E-state index >= 15 is 0 Å². The maximum Gasteiger partial charge on any atom is 0.305 e. The van der Waals surface area contributed by atoms with Crippen LogP contribution in [0.4, 0.5) is 0 Å². The summed E-state index contributed by atoms with van der Waals surface area (Å²) in [5, 5.41) is 0. The molecule has 1 aliphatic rings. The van der Waals surface area contributed by atoms with Crippen LogP contribution in [0.5, 0.6) is 17.2 Å². The van der Waals surface area contributed by atoms with Crippen LogP contribution in [0.2, 0.25) is 0 Å². The number of piperidine rings is 1. The molecule has 0 atom stereocenters. The minimum Gasteiger partial charge on any atom is -0.491 e. The van der Waals surface area contributed by atoms with Crippen LogP contribution in [0.1, 0.15) is 41.6 Å². The number of hydrogen-bond donors (Lipinski definition) is 1. The average molecular weight is 660 g/mol. The van der Waals surface area contributed by atoms with Gasteiger partial charge in [0.2, 0.25) is 0 Å². The quantitative estimate of drug-likeness (QED) is 0.166. The van der Waals surface area contributed by atoms with E-state index < -0.39 is 5.91 Å². The van der Waals surface area contributed by atoms with Gasteiger partial charge < -0.3 is 19.9 Å². The summed E-state index contributed by atoms with van der Waals surface area (Å²) in [6.07, 6.45) is 4.93. The summed E-state index contributed by atoms with van der Waals surface area (Å²) < 4.78 is 17.2. The van der Waals surface area contributed by atoms with Crippen LogP contribution in [0.15, 0.2) is 102 Å². The maximum atomic E-state index is 11.3. The summed E-state index contributed by atoms with van der Waals surface area (Å²) >= 11 is 3.32. The Kier molecular flexibility index (Phi) is 12.8. The number of halogens is 1. The van der Waals surface area contributed by atoms with Crippen molar-refractivity contribution in [1.29, 1.82) is 0 Å². The van der Waals surface area contributed by atoms with Gasteiger partial charge in [-0.2, -0.15) is 0 Å². The van der Waals surface area contributed by atoms with Crippen LogP contribution in [-0.2, 0) is 16.0 Å². The fourth-order valence-corrected chi connectivity index (χ4v) is 5.26. The normalized spacial score (nSPS) is 12.9. The lowest BCUT2D eigenvalue weighted by Gasteiger charge is -2.26. The highest BCUT2D eigenvalue weighted by molar-refractivity contribution is 9.10. The molecule has 0 aromatic heterocycles. The Bertz CT molecular complexity index is 1490. The third-order valence-electron chi connectivity index (χ3n) is 7.29. The second kappa shape index (κ2) is 17.2. The Morgan fingerprint density at radius 2 is 1.55 bits per heavy atom. The highest BCUT2D eigenvalue weighted by atomic mass is 79.9. The van der Waals surface area contributed by atoms with Crippen LogP contribution >= 0.6 is 15.9 Å². The number of rotatable bonds is 11. The molecule has 1 heterocycles. The summed E-state index contributed by atoms with van der Waals surface area (Å²) in [5.74, 6) is 1.54. The lowest BCUT2D eigenvalue weighted by atomic mass is 10.0. The standard InChI is InChI=1S/C22H20O3.C14H19BrN2O2/c1-24-22(23)16-13-17-11-14-18(15-12-17)20-9-5-6-10-21(20)25-19-7-3-2-4-8-19;15-11-4-5-13(12(10-11)14(16)18)19-9-8-17-6-2-1-3-7-17/h2-12,14-15H,13,16H2,1H3;4-5,10H,1-3,6-9H2,(H2,16,18). The molecule has 1 aliphatic heterocycles. The second-order valence-electron chi connectivity index (χ2n) is 10.4. The van der Waals surface area contributed by atoms with Gasteiger partial charge in [-0.25, -0.2) is 0 Å². The molecule has 5 rings (SSSR count). The van der Waals surface area contributed by atoms with Gasteiger partial charge in [0.1, 0.15) is 23.9 Å². The zero-order valence-electron chi connectivity index (χ0n) is 25.0. The molecule has 4 aromatic carbocycles. The van der Waals surface area contributed by atoms with Crippen LogP contribution in [-0.4, -0.2) is 50.1 Å². The Hall–Kier alpha value is -4.14. The Balaban J connectivity index is 0.000000209. The first-order valence-corrected chi connectivity index (χ1v) is 15.6. The summed E-state index contributed by atoms with van der Waals surface area (Å²) in [4.78, 5) is 25.0. The molecular weight excluding hydrogens is 620 g/mol. The molecule has 7 nitrogen and oxygen atoms in total. The van der Waals surface area contributed by atoms with E-state index in [0.717, 1.165) is 52.3 Å². The zero-order chi connectivity index (χ0) is 31.1. The van der Waals surface area contributed by atoms with E-state index in [1.165, 1.54) is 26.4 Å².